The van der Waals surface area contributed by atoms with Gasteiger partial charge in [-0.25, -0.2) is 22.0 Å². The molecule has 0 radical (unpaired) electrons. The van der Waals surface area contributed by atoms with Gasteiger partial charge in [0.25, 0.3) is 0 Å². The molecule has 1 aromatic rings. The topological polar surface area (TPSA) is 32.3 Å². The van der Waals surface area contributed by atoms with E-state index in [4.69, 9.17) is 5.11 Å². The number of aliphatic hydroxyl groups excluding tert-OH is 1. The summed E-state index contributed by atoms with van der Waals surface area (Å²) < 4.78 is 64.9. The summed E-state index contributed by atoms with van der Waals surface area (Å²) in [5.41, 5.74) is -1.02. The van der Waals surface area contributed by atoms with E-state index in [1.807, 2.05) is 0 Å². The van der Waals surface area contributed by atoms with Crippen molar-refractivity contribution in [3.05, 3.63) is 29.1 Å². The fraction of sp³-hybridized carbons (Fsp3) is 0.455. The van der Waals surface area contributed by atoms with Gasteiger partial charge in [-0.3, -0.25) is 0 Å². The molecule has 18 heavy (non-hydrogen) atoms. The first kappa shape index (κ1) is 13.1. The molecular formula is C11H10F5NO. The molecule has 0 aromatic heterocycles. The third kappa shape index (κ3) is 2.14. The quantitative estimate of drug-likeness (QED) is 0.501. The molecule has 1 saturated carbocycles. The summed E-state index contributed by atoms with van der Waals surface area (Å²) in [4.78, 5) is 0. The maximum Gasteiger partial charge on any atom is 0.200 e. The molecule has 1 fully saturated rings. The summed E-state index contributed by atoms with van der Waals surface area (Å²) in [6, 6.07) is 0. The first-order valence-electron chi connectivity index (χ1n) is 5.35. The van der Waals surface area contributed by atoms with Crippen molar-refractivity contribution in [3.63, 3.8) is 0 Å². The third-order valence-electron chi connectivity index (χ3n) is 2.99. The molecule has 1 aliphatic rings. The Hall–Kier alpha value is -1.37. The number of benzene rings is 1. The van der Waals surface area contributed by atoms with Crippen LogP contribution in [0.3, 0.4) is 0 Å². The average Bonchev–Trinajstić information content (AvgIpc) is 2.31. The summed E-state index contributed by atoms with van der Waals surface area (Å²) in [5.74, 6) is -9.88. The van der Waals surface area contributed by atoms with E-state index in [1.54, 1.807) is 0 Å². The van der Waals surface area contributed by atoms with E-state index >= 15 is 0 Å². The van der Waals surface area contributed by atoms with Crippen molar-refractivity contribution in [2.75, 3.05) is 11.9 Å². The van der Waals surface area contributed by atoms with Crippen LogP contribution in [0.5, 0.6) is 0 Å². The number of hydrogen-bond acceptors (Lipinski definition) is 2. The summed E-state index contributed by atoms with van der Waals surface area (Å²) in [7, 11) is 0. The van der Waals surface area contributed by atoms with Gasteiger partial charge in [-0.15, -0.1) is 0 Å². The van der Waals surface area contributed by atoms with Crippen molar-refractivity contribution in [2.24, 2.45) is 5.92 Å². The molecule has 100 valence electrons. The van der Waals surface area contributed by atoms with Crippen molar-refractivity contribution < 1.29 is 27.1 Å². The minimum Gasteiger partial charge on any atom is -0.393 e. The number of anilines is 1. The van der Waals surface area contributed by atoms with Gasteiger partial charge in [-0.05, 0) is 18.8 Å². The van der Waals surface area contributed by atoms with E-state index in [-0.39, 0.29) is 12.5 Å². The molecule has 0 amide bonds. The number of aliphatic hydroxyl groups is 1. The first-order chi connectivity index (χ1) is 8.41. The Labute approximate surface area is 99.4 Å². The predicted octanol–water partition coefficient (Wildman–Crippen LogP) is 2.56. The normalized spacial score (nSPS) is 22.8. The first-order valence-corrected chi connectivity index (χ1v) is 5.35. The van der Waals surface area contributed by atoms with Crippen molar-refractivity contribution in [3.8, 4) is 0 Å². The van der Waals surface area contributed by atoms with Gasteiger partial charge >= 0.3 is 0 Å². The Morgan fingerprint density at radius 1 is 0.889 bits per heavy atom. The van der Waals surface area contributed by atoms with Crippen LogP contribution in [0.15, 0.2) is 0 Å². The molecule has 1 aliphatic carbocycles. The van der Waals surface area contributed by atoms with E-state index in [0.717, 1.165) is 0 Å². The highest BCUT2D eigenvalue weighted by atomic mass is 19.2. The molecule has 2 N–H and O–H groups in total. The van der Waals surface area contributed by atoms with Gasteiger partial charge in [0.1, 0.15) is 5.69 Å². The van der Waals surface area contributed by atoms with E-state index in [9.17, 15) is 22.0 Å². The number of nitrogens with one attached hydrogen (secondary N) is 1. The minimum absolute atomic E-state index is 0.0324. The van der Waals surface area contributed by atoms with Crippen LogP contribution in [-0.2, 0) is 0 Å². The molecule has 0 bridgehead atoms. The highest BCUT2D eigenvalue weighted by Crippen LogP contribution is 2.30. The summed E-state index contributed by atoms with van der Waals surface area (Å²) >= 11 is 0. The Bertz CT molecular complexity index is 444. The van der Waals surface area contributed by atoms with Gasteiger partial charge in [-0.2, -0.15) is 0 Å². The van der Waals surface area contributed by atoms with Gasteiger partial charge in [0, 0.05) is 6.54 Å². The van der Waals surface area contributed by atoms with Crippen LogP contribution in [0.2, 0.25) is 0 Å². The summed E-state index contributed by atoms with van der Waals surface area (Å²) in [6.45, 7) is 0.0510. The molecule has 0 atom stereocenters. The van der Waals surface area contributed by atoms with Crippen molar-refractivity contribution in [1.82, 2.24) is 0 Å². The second-order valence-corrected chi connectivity index (χ2v) is 4.32. The number of hydrogen-bond donors (Lipinski definition) is 2. The van der Waals surface area contributed by atoms with Gasteiger partial charge in [-0.1, -0.05) is 0 Å². The fourth-order valence-electron chi connectivity index (χ4n) is 1.87. The van der Waals surface area contributed by atoms with Gasteiger partial charge in [0.2, 0.25) is 5.82 Å². The Morgan fingerprint density at radius 2 is 1.33 bits per heavy atom. The maximum absolute atomic E-state index is 13.2. The Kier molecular flexibility index (Phi) is 3.43. The van der Waals surface area contributed by atoms with Crippen molar-refractivity contribution >= 4 is 5.69 Å². The van der Waals surface area contributed by atoms with Crippen LogP contribution < -0.4 is 5.32 Å². The Balaban J connectivity index is 2.17. The average molecular weight is 267 g/mol. The van der Waals surface area contributed by atoms with Crippen molar-refractivity contribution in [1.29, 1.82) is 0 Å². The smallest absolute Gasteiger partial charge is 0.200 e. The lowest BCUT2D eigenvalue weighted by Gasteiger charge is -2.31. The third-order valence-corrected chi connectivity index (χ3v) is 2.99. The van der Waals surface area contributed by atoms with Crippen LogP contribution in [0, 0.1) is 35.0 Å². The molecule has 0 unspecified atom stereocenters. The zero-order valence-corrected chi connectivity index (χ0v) is 9.11. The maximum atomic E-state index is 13.2. The van der Waals surface area contributed by atoms with E-state index < -0.39 is 40.9 Å². The van der Waals surface area contributed by atoms with Crippen molar-refractivity contribution in [2.45, 2.75) is 18.9 Å². The molecule has 0 heterocycles. The van der Waals surface area contributed by atoms with Gasteiger partial charge < -0.3 is 10.4 Å². The molecular weight excluding hydrogens is 257 g/mol. The van der Waals surface area contributed by atoms with E-state index in [1.165, 1.54) is 0 Å². The second-order valence-electron chi connectivity index (χ2n) is 4.32. The number of halogens is 5. The zero-order valence-electron chi connectivity index (χ0n) is 9.11. The molecule has 0 saturated heterocycles. The number of rotatable bonds is 3. The summed E-state index contributed by atoms with van der Waals surface area (Å²) in [5, 5.41) is 11.2. The zero-order chi connectivity index (χ0) is 13.4. The van der Waals surface area contributed by atoms with Gasteiger partial charge in [0.15, 0.2) is 23.3 Å². The largest absolute Gasteiger partial charge is 0.393 e. The lowest BCUT2D eigenvalue weighted by Crippen LogP contribution is -2.33. The van der Waals surface area contributed by atoms with Crippen LogP contribution in [0.1, 0.15) is 12.8 Å². The molecule has 2 rings (SSSR count). The summed E-state index contributed by atoms with van der Waals surface area (Å²) in [6.07, 6.45) is 0.443. The van der Waals surface area contributed by atoms with Crippen LogP contribution in [0.25, 0.3) is 0 Å². The Morgan fingerprint density at radius 3 is 1.78 bits per heavy atom. The van der Waals surface area contributed by atoms with Crippen LogP contribution in [-0.4, -0.2) is 17.8 Å². The highest BCUT2D eigenvalue weighted by molar-refractivity contribution is 5.47. The second kappa shape index (κ2) is 4.72. The SMILES string of the molecule is OC1CC(CNc2c(F)c(F)c(F)c(F)c2F)C1. The predicted molar refractivity (Wildman–Crippen MR) is 53.5 cm³/mol. The van der Waals surface area contributed by atoms with Crippen LogP contribution >= 0.6 is 0 Å². The highest BCUT2D eigenvalue weighted by Gasteiger charge is 2.29. The fourth-order valence-corrected chi connectivity index (χ4v) is 1.87. The lowest BCUT2D eigenvalue weighted by atomic mass is 9.82. The molecule has 0 spiro atoms. The molecule has 7 heteroatoms. The lowest BCUT2D eigenvalue weighted by molar-refractivity contribution is 0.0486. The molecule has 2 nitrogen and oxygen atoms in total. The van der Waals surface area contributed by atoms with Gasteiger partial charge in [0.05, 0.1) is 6.10 Å². The minimum atomic E-state index is -2.17. The standard InChI is InChI=1S/C11H10F5NO/c12-6-7(13)9(15)11(10(16)8(6)14)17-3-4-1-5(18)2-4/h4-5,17-18H,1-3H2. The monoisotopic (exact) mass is 267 g/mol. The van der Waals surface area contributed by atoms with E-state index in [0.29, 0.717) is 12.8 Å². The molecule has 0 aliphatic heterocycles. The molecule has 1 aromatic carbocycles. The van der Waals surface area contributed by atoms with Crippen LogP contribution in [0.4, 0.5) is 27.6 Å². The van der Waals surface area contributed by atoms with E-state index in [2.05, 4.69) is 5.32 Å².